The maximum absolute atomic E-state index is 8.80. The Balaban J connectivity index is 2.07. The van der Waals surface area contributed by atoms with E-state index in [-0.39, 0.29) is 6.61 Å². The number of hydrogen-bond donors (Lipinski definition) is 2. The predicted octanol–water partition coefficient (Wildman–Crippen LogP) is 3.22. The molecule has 2 N–H and O–H groups in total. The van der Waals surface area contributed by atoms with Gasteiger partial charge in [0.15, 0.2) is 0 Å². The van der Waals surface area contributed by atoms with Crippen LogP contribution in [0.1, 0.15) is 18.0 Å². The summed E-state index contributed by atoms with van der Waals surface area (Å²) < 4.78 is 0. The van der Waals surface area contributed by atoms with Gasteiger partial charge in [-0.15, -0.1) is 0 Å². The molecule has 0 aromatic heterocycles. The van der Waals surface area contributed by atoms with Gasteiger partial charge in [-0.25, -0.2) is 0 Å². The van der Waals surface area contributed by atoms with Crippen molar-refractivity contribution in [3.05, 3.63) is 48.0 Å². The minimum Gasteiger partial charge on any atom is -0.396 e. The first-order valence-electron chi connectivity index (χ1n) is 6.69. The topological polar surface area (TPSA) is 32.3 Å². The zero-order valence-corrected chi connectivity index (χ0v) is 12.1. The molecule has 3 heteroatoms. The maximum Gasteiger partial charge on any atom is 0.0438 e. The number of aliphatic hydroxyl groups excluding tert-OH is 1. The van der Waals surface area contributed by atoms with E-state index in [1.165, 1.54) is 16.3 Å². The molecule has 0 aliphatic heterocycles. The molecule has 19 heavy (non-hydrogen) atoms. The van der Waals surface area contributed by atoms with Crippen molar-refractivity contribution in [2.45, 2.75) is 12.5 Å². The standard InChI is InChI=1S/C16H21NOS/c1-17-16(12-19-10-4-9-18)15-8-7-13-5-2-3-6-14(13)11-15/h2-3,5-8,11,16-18H,4,9-10,12H2,1H3. The van der Waals surface area contributed by atoms with E-state index in [2.05, 4.69) is 47.8 Å². The Kier molecular flexibility index (Phi) is 5.70. The van der Waals surface area contributed by atoms with E-state index in [0.29, 0.717) is 6.04 Å². The molecule has 2 rings (SSSR count). The lowest BCUT2D eigenvalue weighted by Gasteiger charge is -2.17. The molecule has 0 bridgehead atoms. The van der Waals surface area contributed by atoms with E-state index in [9.17, 15) is 0 Å². The molecule has 0 aliphatic carbocycles. The van der Waals surface area contributed by atoms with Crippen LogP contribution < -0.4 is 5.32 Å². The normalized spacial score (nSPS) is 12.7. The Morgan fingerprint density at radius 1 is 1.16 bits per heavy atom. The second kappa shape index (κ2) is 7.53. The van der Waals surface area contributed by atoms with Crippen LogP contribution in [0.4, 0.5) is 0 Å². The van der Waals surface area contributed by atoms with Crippen LogP contribution in [-0.4, -0.2) is 30.3 Å². The van der Waals surface area contributed by atoms with E-state index in [1.807, 2.05) is 18.8 Å². The highest BCUT2D eigenvalue weighted by Gasteiger charge is 2.09. The van der Waals surface area contributed by atoms with Gasteiger partial charge in [-0.2, -0.15) is 11.8 Å². The third-order valence-electron chi connectivity index (χ3n) is 3.26. The zero-order chi connectivity index (χ0) is 13.5. The molecule has 1 unspecified atom stereocenters. The van der Waals surface area contributed by atoms with E-state index in [4.69, 9.17) is 5.11 Å². The maximum atomic E-state index is 8.80. The van der Waals surface area contributed by atoms with Crippen molar-refractivity contribution in [1.29, 1.82) is 0 Å². The number of fused-ring (bicyclic) bond motifs is 1. The molecule has 0 amide bonds. The first-order valence-corrected chi connectivity index (χ1v) is 7.85. The van der Waals surface area contributed by atoms with Gasteiger partial charge in [0.2, 0.25) is 0 Å². The van der Waals surface area contributed by atoms with Crippen LogP contribution in [-0.2, 0) is 0 Å². The van der Waals surface area contributed by atoms with Crippen LogP contribution in [0.5, 0.6) is 0 Å². The minimum absolute atomic E-state index is 0.285. The number of aliphatic hydroxyl groups is 1. The second-order valence-corrected chi connectivity index (χ2v) is 5.75. The first-order chi connectivity index (χ1) is 9.35. The highest BCUT2D eigenvalue weighted by Crippen LogP contribution is 2.23. The summed E-state index contributed by atoms with van der Waals surface area (Å²) in [5, 5.41) is 14.8. The molecule has 2 nitrogen and oxygen atoms in total. The summed E-state index contributed by atoms with van der Waals surface area (Å²) in [6.07, 6.45) is 0.874. The van der Waals surface area contributed by atoms with Crippen molar-refractivity contribution >= 4 is 22.5 Å². The van der Waals surface area contributed by atoms with Crippen molar-refractivity contribution in [2.24, 2.45) is 0 Å². The van der Waals surface area contributed by atoms with Crippen LogP contribution >= 0.6 is 11.8 Å². The van der Waals surface area contributed by atoms with Crippen molar-refractivity contribution in [3.63, 3.8) is 0 Å². The molecule has 0 aliphatic rings. The summed E-state index contributed by atoms with van der Waals surface area (Å²) >= 11 is 1.89. The van der Waals surface area contributed by atoms with Gasteiger partial charge in [0, 0.05) is 18.4 Å². The smallest absolute Gasteiger partial charge is 0.0438 e. The molecule has 0 radical (unpaired) electrons. The van der Waals surface area contributed by atoms with Crippen LogP contribution in [0.25, 0.3) is 10.8 Å². The Morgan fingerprint density at radius 3 is 2.68 bits per heavy atom. The van der Waals surface area contributed by atoms with Gasteiger partial charge in [0.1, 0.15) is 0 Å². The summed E-state index contributed by atoms with van der Waals surface area (Å²) in [5.74, 6) is 2.05. The van der Waals surface area contributed by atoms with Crippen molar-refractivity contribution in [3.8, 4) is 0 Å². The lowest BCUT2D eigenvalue weighted by molar-refractivity contribution is 0.296. The van der Waals surface area contributed by atoms with E-state index >= 15 is 0 Å². The summed E-state index contributed by atoms with van der Waals surface area (Å²) in [7, 11) is 2.01. The Hall–Kier alpha value is -1.03. The summed E-state index contributed by atoms with van der Waals surface area (Å²) in [6, 6.07) is 15.5. The van der Waals surface area contributed by atoms with E-state index < -0.39 is 0 Å². The van der Waals surface area contributed by atoms with Gasteiger partial charge in [-0.3, -0.25) is 0 Å². The summed E-state index contributed by atoms with van der Waals surface area (Å²) in [4.78, 5) is 0. The highest BCUT2D eigenvalue weighted by molar-refractivity contribution is 7.99. The monoisotopic (exact) mass is 275 g/mol. The van der Waals surface area contributed by atoms with Gasteiger partial charge < -0.3 is 10.4 Å². The largest absolute Gasteiger partial charge is 0.396 e. The number of thioether (sulfide) groups is 1. The predicted molar refractivity (Wildman–Crippen MR) is 84.8 cm³/mol. The average molecular weight is 275 g/mol. The van der Waals surface area contributed by atoms with Gasteiger partial charge in [0.25, 0.3) is 0 Å². The number of nitrogens with one attached hydrogen (secondary N) is 1. The summed E-state index contributed by atoms with van der Waals surface area (Å²) in [5.41, 5.74) is 1.33. The molecule has 0 fully saturated rings. The molecule has 1 atom stereocenters. The molecule has 2 aromatic rings. The fourth-order valence-electron chi connectivity index (χ4n) is 2.14. The van der Waals surface area contributed by atoms with Crippen molar-refractivity contribution in [1.82, 2.24) is 5.32 Å². The number of rotatable bonds is 7. The minimum atomic E-state index is 0.285. The summed E-state index contributed by atoms with van der Waals surface area (Å²) in [6.45, 7) is 0.285. The molecule has 2 aromatic carbocycles. The Labute approximate surface area is 119 Å². The quantitative estimate of drug-likeness (QED) is 0.761. The van der Waals surface area contributed by atoms with Crippen molar-refractivity contribution < 1.29 is 5.11 Å². The molecular weight excluding hydrogens is 254 g/mol. The van der Waals surface area contributed by atoms with Crippen LogP contribution in [0, 0.1) is 0 Å². The van der Waals surface area contributed by atoms with Gasteiger partial charge in [0.05, 0.1) is 0 Å². The fourth-order valence-corrected chi connectivity index (χ4v) is 3.23. The Bertz CT molecular complexity index is 515. The molecule has 0 spiro atoms. The third kappa shape index (κ3) is 3.96. The van der Waals surface area contributed by atoms with E-state index in [0.717, 1.165) is 17.9 Å². The lowest BCUT2D eigenvalue weighted by Crippen LogP contribution is -2.18. The molecule has 0 saturated heterocycles. The highest BCUT2D eigenvalue weighted by atomic mass is 32.2. The van der Waals surface area contributed by atoms with Crippen molar-refractivity contribution in [2.75, 3.05) is 25.2 Å². The van der Waals surface area contributed by atoms with Gasteiger partial charge >= 0.3 is 0 Å². The molecule has 0 heterocycles. The number of benzene rings is 2. The van der Waals surface area contributed by atoms with Gasteiger partial charge in [-0.05, 0) is 41.6 Å². The Morgan fingerprint density at radius 2 is 1.95 bits per heavy atom. The lowest BCUT2D eigenvalue weighted by atomic mass is 10.0. The average Bonchev–Trinajstić information content (AvgIpc) is 2.47. The van der Waals surface area contributed by atoms with Crippen LogP contribution in [0.15, 0.2) is 42.5 Å². The number of hydrogen-bond acceptors (Lipinski definition) is 3. The SMILES string of the molecule is CNC(CSCCCO)c1ccc2ccccc2c1. The van der Waals surface area contributed by atoms with Gasteiger partial charge in [-0.1, -0.05) is 36.4 Å². The molecular formula is C16H21NOS. The first kappa shape index (κ1) is 14.4. The van der Waals surface area contributed by atoms with E-state index in [1.54, 1.807) is 0 Å². The molecule has 102 valence electrons. The second-order valence-electron chi connectivity index (χ2n) is 4.60. The van der Waals surface area contributed by atoms with Crippen LogP contribution in [0.3, 0.4) is 0 Å². The fraction of sp³-hybridized carbons (Fsp3) is 0.375. The molecule has 0 saturated carbocycles. The third-order valence-corrected chi connectivity index (χ3v) is 4.40. The van der Waals surface area contributed by atoms with Crippen LogP contribution in [0.2, 0.25) is 0 Å². The zero-order valence-electron chi connectivity index (χ0n) is 11.3.